The number of rotatable bonds is 2. The number of nitrogens with two attached hydrogens (primary N) is 1. The fourth-order valence-electron chi connectivity index (χ4n) is 1.88. The van der Waals surface area contributed by atoms with Crippen LogP contribution in [0.2, 0.25) is 0 Å². The molecule has 18 heavy (non-hydrogen) atoms. The molecule has 0 spiro atoms. The Morgan fingerprint density at radius 1 is 1.11 bits per heavy atom. The first-order valence-electron chi connectivity index (χ1n) is 5.53. The molecule has 0 fully saturated rings. The number of hydrogen-bond acceptors (Lipinski definition) is 4. The van der Waals surface area contributed by atoms with Gasteiger partial charge in [0.1, 0.15) is 0 Å². The molecule has 0 aliphatic carbocycles. The molecule has 3 aromatic rings. The number of pyridine rings is 1. The zero-order chi connectivity index (χ0) is 12.5. The SMILES string of the molecule is COc1cccn2c(-c3ccc(N)cc3)nnc12. The fourth-order valence-corrected chi connectivity index (χ4v) is 1.88. The Morgan fingerprint density at radius 2 is 1.89 bits per heavy atom. The third-order valence-corrected chi connectivity index (χ3v) is 2.79. The standard InChI is InChI=1S/C13H12N4O/c1-18-11-3-2-8-17-12(15-16-13(11)17)9-4-6-10(14)7-5-9/h2-8H,14H2,1H3. The number of hydrogen-bond donors (Lipinski definition) is 1. The van der Waals surface area contributed by atoms with E-state index < -0.39 is 0 Å². The molecule has 0 atom stereocenters. The highest BCUT2D eigenvalue weighted by atomic mass is 16.5. The smallest absolute Gasteiger partial charge is 0.203 e. The molecular weight excluding hydrogens is 228 g/mol. The highest BCUT2D eigenvalue weighted by Crippen LogP contribution is 2.23. The first-order valence-corrected chi connectivity index (χ1v) is 5.53. The van der Waals surface area contributed by atoms with Crippen LogP contribution in [0.5, 0.6) is 5.75 Å². The molecule has 5 heteroatoms. The van der Waals surface area contributed by atoms with Gasteiger partial charge in [0.05, 0.1) is 7.11 Å². The summed E-state index contributed by atoms with van der Waals surface area (Å²) in [4.78, 5) is 0. The predicted octanol–water partition coefficient (Wildman–Crippen LogP) is 1.99. The Labute approximate surface area is 104 Å². The van der Waals surface area contributed by atoms with E-state index in [1.165, 1.54) is 0 Å². The molecule has 0 radical (unpaired) electrons. The lowest BCUT2D eigenvalue weighted by molar-refractivity contribution is 0.417. The second-order valence-electron chi connectivity index (χ2n) is 3.92. The highest BCUT2D eigenvalue weighted by molar-refractivity contribution is 5.64. The second-order valence-corrected chi connectivity index (χ2v) is 3.92. The van der Waals surface area contributed by atoms with Crippen LogP contribution in [0, 0.1) is 0 Å². The third kappa shape index (κ3) is 1.57. The molecule has 0 aliphatic rings. The topological polar surface area (TPSA) is 65.4 Å². The maximum atomic E-state index is 5.68. The number of benzene rings is 1. The van der Waals surface area contributed by atoms with E-state index in [1.807, 2.05) is 47.0 Å². The quantitative estimate of drug-likeness (QED) is 0.696. The molecule has 0 aliphatic heterocycles. The van der Waals surface area contributed by atoms with E-state index in [4.69, 9.17) is 10.5 Å². The van der Waals surface area contributed by atoms with Crippen LogP contribution < -0.4 is 10.5 Å². The van der Waals surface area contributed by atoms with E-state index in [2.05, 4.69) is 10.2 Å². The van der Waals surface area contributed by atoms with Crippen LogP contribution in [0.25, 0.3) is 17.0 Å². The van der Waals surface area contributed by atoms with Gasteiger partial charge in [0.25, 0.3) is 0 Å². The molecule has 0 saturated heterocycles. The van der Waals surface area contributed by atoms with Crippen molar-refractivity contribution < 1.29 is 4.74 Å². The first kappa shape index (κ1) is 10.6. The largest absolute Gasteiger partial charge is 0.493 e. The van der Waals surface area contributed by atoms with Crippen molar-refractivity contribution in [2.75, 3.05) is 12.8 Å². The lowest BCUT2D eigenvalue weighted by Gasteiger charge is -2.03. The van der Waals surface area contributed by atoms with Gasteiger partial charge >= 0.3 is 0 Å². The van der Waals surface area contributed by atoms with Crippen LogP contribution in [0.15, 0.2) is 42.6 Å². The van der Waals surface area contributed by atoms with E-state index in [-0.39, 0.29) is 0 Å². The summed E-state index contributed by atoms with van der Waals surface area (Å²) in [5, 5.41) is 8.34. The molecule has 0 unspecified atom stereocenters. The minimum atomic E-state index is 0.701. The zero-order valence-electron chi connectivity index (χ0n) is 9.87. The van der Waals surface area contributed by atoms with Crippen molar-refractivity contribution in [3.63, 3.8) is 0 Å². The van der Waals surface area contributed by atoms with Crippen LogP contribution in [0.3, 0.4) is 0 Å². The predicted molar refractivity (Wildman–Crippen MR) is 69.4 cm³/mol. The van der Waals surface area contributed by atoms with Gasteiger partial charge in [-0.2, -0.15) is 0 Å². The molecule has 0 saturated carbocycles. The molecular formula is C13H12N4O. The molecule has 5 nitrogen and oxygen atoms in total. The summed E-state index contributed by atoms with van der Waals surface area (Å²) in [6.45, 7) is 0. The second kappa shape index (κ2) is 4.03. The molecule has 2 heterocycles. The molecule has 2 aromatic heterocycles. The summed E-state index contributed by atoms with van der Waals surface area (Å²) < 4.78 is 7.15. The number of nitrogens with zero attached hydrogens (tertiary/aromatic N) is 3. The van der Waals surface area contributed by atoms with Crippen molar-refractivity contribution in [1.29, 1.82) is 0 Å². The number of aromatic nitrogens is 3. The minimum Gasteiger partial charge on any atom is -0.493 e. The molecule has 2 N–H and O–H groups in total. The van der Waals surface area contributed by atoms with Gasteiger partial charge in [-0.1, -0.05) is 0 Å². The van der Waals surface area contributed by atoms with Gasteiger partial charge in [0, 0.05) is 17.4 Å². The van der Waals surface area contributed by atoms with E-state index in [1.54, 1.807) is 7.11 Å². The van der Waals surface area contributed by atoms with Gasteiger partial charge in [-0.05, 0) is 36.4 Å². The van der Waals surface area contributed by atoms with Crippen molar-refractivity contribution >= 4 is 11.3 Å². The average molecular weight is 240 g/mol. The normalized spacial score (nSPS) is 10.7. The Balaban J connectivity index is 2.21. The lowest BCUT2D eigenvalue weighted by Crippen LogP contribution is -1.92. The summed E-state index contributed by atoms with van der Waals surface area (Å²) in [7, 11) is 1.62. The van der Waals surface area contributed by atoms with Crippen LogP contribution in [0.4, 0.5) is 5.69 Å². The number of anilines is 1. The van der Waals surface area contributed by atoms with Gasteiger partial charge in [0.2, 0.25) is 5.65 Å². The van der Waals surface area contributed by atoms with Crippen LogP contribution in [-0.4, -0.2) is 21.7 Å². The number of ether oxygens (including phenoxy) is 1. The monoisotopic (exact) mass is 240 g/mol. The van der Waals surface area contributed by atoms with Crippen molar-refractivity contribution in [3.8, 4) is 17.1 Å². The Hall–Kier alpha value is -2.56. The van der Waals surface area contributed by atoms with Crippen molar-refractivity contribution in [1.82, 2.24) is 14.6 Å². The summed E-state index contributed by atoms with van der Waals surface area (Å²) in [5.41, 5.74) is 8.07. The van der Waals surface area contributed by atoms with Gasteiger partial charge in [0.15, 0.2) is 11.6 Å². The molecule has 0 amide bonds. The maximum Gasteiger partial charge on any atom is 0.203 e. The minimum absolute atomic E-state index is 0.701. The number of fused-ring (bicyclic) bond motifs is 1. The fraction of sp³-hybridized carbons (Fsp3) is 0.0769. The van der Waals surface area contributed by atoms with E-state index in [9.17, 15) is 0 Å². The molecule has 1 aromatic carbocycles. The van der Waals surface area contributed by atoms with Crippen molar-refractivity contribution in [2.45, 2.75) is 0 Å². The summed E-state index contributed by atoms with van der Waals surface area (Å²) in [6.07, 6.45) is 1.91. The maximum absolute atomic E-state index is 5.68. The third-order valence-electron chi connectivity index (χ3n) is 2.79. The van der Waals surface area contributed by atoms with Crippen LogP contribution in [0.1, 0.15) is 0 Å². The Morgan fingerprint density at radius 3 is 2.61 bits per heavy atom. The van der Waals surface area contributed by atoms with Crippen molar-refractivity contribution in [2.24, 2.45) is 0 Å². The molecule has 3 rings (SSSR count). The summed E-state index contributed by atoms with van der Waals surface area (Å²) in [6, 6.07) is 11.3. The lowest BCUT2D eigenvalue weighted by atomic mass is 10.2. The zero-order valence-corrected chi connectivity index (χ0v) is 9.87. The average Bonchev–Trinajstić information content (AvgIpc) is 2.83. The van der Waals surface area contributed by atoms with Gasteiger partial charge < -0.3 is 10.5 Å². The van der Waals surface area contributed by atoms with E-state index >= 15 is 0 Å². The number of methoxy groups -OCH3 is 1. The highest BCUT2D eigenvalue weighted by Gasteiger charge is 2.10. The Kier molecular flexibility index (Phi) is 2.37. The van der Waals surface area contributed by atoms with E-state index in [0.717, 1.165) is 17.1 Å². The van der Waals surface area contributed by atoms with Gasteiger partial charge in [-0.15, -0.1) is 10.2 Å². The molecule has 0 bridgehead atoms. The van der Waals surface area contributed by atoms with E-state index in [0.29, 0.717) is 11.4 Å². The van der Waals surface area contributed by atoms with Crippen LogP contribution >= 0.6 is 0 Å². The summed E-state index contributed by atoms with van der Waals surface area (Å²) in [5.74, 6) is 1.47. The van der Waals surface area contributed by atoms with Crippen LogP contribution in [-0.2, 0) is 0 Å². The Bertz CT molecular complexity index is 688. The first-order chi connectivity index (χ1) is 8.79. The number of nitrogen functional groups attached to an aromatic ring is 1. The van der Waals surface area contributed by atoms with Gasteiger partial charge in [-0.3, -0.25) is 4.40 Å². The van der Waals surface area contributed by atoms with Gasteiger partial charge in [-0.25, -0.2) is 0 Å². The summed E-state index contributed by atoms with van der Waals surface area (Å²) >= 11 is 0. The molecule has 90 valence electrons. The van der Waals surface area contributed by atoms with Crippen molar-refractivity contribution in [3.05, 3.63) is 42.6 Å².